The van der Waals surface area contributed by atoms with Crippen LogP contribution in [0, 0.1) is 5.82 Å². The molecule has 0 radical (unpaired) electrons. The van der Waals surface area contributed by atoms with Gasteiger partial charge in [-0.05, 0) is 43.5 Å². The molecule has 0 heterocycles. The molecule has 2 rings (SSSR count). The number of hydrogen-bond acceptors (Lipinski definition) is 1. The van der Waals surface area contributed by atoms with E-state index in [9.17, 15) is 4.39 Å². The zero-order valence-corrected chi connectivity index (χ0v) is 12.7. The summed E-state index contributed by atoms with van der Waals surface area (Å²) in [4.78, 5) is 2.48. The average molecular weight is 335 g/mol. The third-order valence-corrected chi connectivity index (χ3v) is 4.56. The minimum Gasteiger partial charge on any atom is -0.296 e. The Morgan fingerprint density at radius 2 is 2.17 bits per heavy atom. The minimum atomic E-state index is -0.193. The molecule has 1 fully saturated rings. The van der Waals surface area contributed by atoms with Crippen molar-refractivity contribution < 1.29 is 4.39 Å². The Labute approximate surface area is 121 Å². The fourth-order valence-electron chi connectivity index (χ4n) is 2.27. The van der Waals surface area contributed by atoms with Crippen LogP contribution in [0.2, 0.25) is 0 Å². The van der Waals surface area contributed by atoms with Gasteiger partial charge in [-0.3, -0.25) is 4.90 Å². The van der Waals surface area contributed by atoms with Crippen molar-refractivity contribution in [3.05, 3.63) is 34.1 Å². The second-order valence-corrected chi connectivity index (χ2v) is 6.07. The van der Waals surface area contributed by atoms with Gasteiger partial charge < -0.3 is 0 Å². The summed E-state index contributed by atoms with van der Waals surface area (Å²) < 4.78 is 13.9. The molecule has 1 aromatic rings. The van der Waals surface area contributed by atoms with Crippen LogP contribution in [0.4, 0.5) is 4.39 Å². The molecule has 1 aliphatic carbocycles. The van der Waals surface area contributed by atoms with Gasteiger partial charge in [0.1, 0.15) is 5.82 Å². The molecule has 0 amide bonds. The molecule has 0 bridgehead atoms. The molecule has 0 N–H and O–H groups in total. The number of hydrogen-bond donors (Lipinski definition) is 0. The van der Waals surface area contributed by atoms with Crippen molar-refractivity contribution in [3.63, 3.8) is 0 Å². The third-order valence-electron chi connectivity index (χ3n) is 3.56. The van der Waals surface area contributed by atoms with Crippen molar-refractivity contribution in [2.24, 2.45) is 0 Å². The van der Waals surface area contributed by atoms with Crippen LogP contribution in [-0.2, 0) is 6.54 Å². The van der Waals surface area contributed by atoms with Crippen LogP contribution in [0.15, 0.2) is 22.7 Å². The van der Waals surface area contributed by atoms with Crippen LogP contribution in [0.5, 0.6) is 0 Å². The van der Waals surface area contributed by atoms with Crippen molar-refractivity contribution in [2.45, 2.75) is 38.3 Å². The summed E-state index contributed by atoms with van der Waals surface area (Å²) in [7, 11) is 0. The van der Waals surface area contributed by atoms with Crippen LogP contribution < -0.4 is 0 Å². The lowest BCUT2D eigenvalue weighted by Crippen LogP contribution is -2.40. The summed E-state index contributed by atoms with van der Waals surface area (Å²) in [6.45, 7) is 1.90. The zero-order chi connectivity index (χ0) is 13.0. The van der Waals surface area contributed by atoms with Crippen LogP contribution >= 0.6 is 27.5 Å². The van der Waals surface area contributed by atoms with Gasteiger partial charge in [-0.15, -0.1) is 11.6 Å². The van der Waals surface area contributed by atoms with E-state index in [0.717, 1.165) is 29.5 Å². The molecule has 0 saturated heterocycles. The van der Waals surface area contributed by atoms with Crippen molar-refractivity contribution in [1.29, 1.82) is 0 Å². The summed E-state index contributed by atoms with van der Waals surface area (Å²) in [5.41, 5.74) is 1.15. The van der Waals surface area contributed by atoms with Gasteiger partial charge in [-0.2, -0.15) is 0 Å². The fourth-order valence-corrected chi connectivity index (χ4v) is 2.87. The predicted molar refractivity (Wildman–Crippen MR) is 77.5 cm³/mol. The molecule has 4 heteroatoms. The van der Waals surface area contributed by atoms with Crippen molar-refractivity contribution in [1.82, 2.24) is 4.90 Å². The van der Waals surface area contributed by atoms with E-state index < -0.39 is 0 Å². The minimum absolute atomic E-state index is 0.193. The largest absolute Gasteiger partial charge is 0.296 e. The second kappa shape index (κ2) is 6.88. The molecule has 0 aliphatic heterocycles. The number of benzene rings is 1. The van der Waals surface area contributed by atoms with Crippen molar-refractivity contribution in [3.8, 4) is 0 Å². The number of alkyl halides is 1. The van der Waals surface area contributed by atoms with Gasteiger partial charge in [-0.1, -0.05) is 28.4 Å². The van der Waals surface area contributed by atoms with Gasteiger partial charge in [0.05, 0.1) is 0 Å². The van der Waals surface area contributed by atoms with Crippen LogP contribution in [0.3, 0.4) is 0 Å². The molecule has 1 aliphatic rings. The molecule has 100 valence electrons. The van der Waals surface area contributed by atoms with Gasteiger partial charge in [0.15, 0.2) is 0 Å². The Bertz CT molecular complexity index is 395. The first kappa shape index (κ1) is 14.3. The maximum absolute atomic E-state index is 13.1. The first-order valence-corrected chi connectivity index (χ1v) is 7.77. The third kappa shape index (κ3) is 3.69. The molecule has 1 saturated carbocycles. The van der Waals surface area contributed by atoms with Gasteiger partial charge in [0, 0.05) is 22.9 Å². The SMILES string of the molecule is Fc1ccc(CN(CCCCl)C2CCC2)c(Br)c1. The topological polar surface area (TPSA) is 3.24 Å². The van der Waals surface area contributed by atoms with E-state index in [0.29, 0.717) is 11.9 Å². The lowest BCUT2D eigenvalue weighted by Gasteiger charge is -2.37. The lowest BCUT2D eigenvalue weighted by molar-refractivity contribution is 0.119. The van der Waals surface area contributed by atoms with E-state index in [1.165, 1.54) is 31.4 Å². The quantitative estimate of drug-likeness (QED) is 0.689. The van der Waals surface area contributed by atoms with Crippen LogP contribution in [-0.4, -0.2) is 23.4 Å². The lowest BCUT2D eigenvalue weighted by atomic mass is 9.91. The first-order valence-electron chi connectivity index (χ1n) is 6.44. The van der Waals surface area contributed by atoms with E-state index >= 15 is 0 Å². The Morgan fingerprint density at radius 3 is 2.72 bits per heavy atom. The highest BCUT2D eigenvalue weighted by Crippen LogP contribution is 2.28. The smallest absolute Gasteiger partial charge is 0.124 e. The molecule has 0 aromatic heterocycles. The molecule has 1 nitrogen and oxygen atoms in total. The Hall–Kier alpha value is -0.120. The predicted octanol–water partition coefficient (Wildman–Crippen LogP) is 4.57. The summed E-state index contributed by atoms with van der Waals surface area (Å²) >= 11 is 9.22. The monoisotopic (exact) mass is 333 g/mol. The Balaban J connectivity index is 2.02. The molecular formula is C14H18BrClFN. The Kier molecular flexibility index (Phi) is 5.46. The molecule has 1 aromatic carbocycles. The first-order chi connectivity index (χ1) is 8.70. The van der Waals surface area contributed by atoms with Crippen LogP contribution in [0.25, 0.3) is 0 Å². The van der Waals surface area contributed by atoms with Gasteiger partial charge in [-0.25, -0.2) is 4.39 Å². The number of rotatable bonds is 6. The van der Waals surface area contributed by atoms with E-state index in [2.05, 4.69) is 20.8 Å². The maximum atomic E-state index is 13.1. The highest BCUT2D eigenvalue weighted by Gasteiger charge is 2.24. The highest BCUT2D eigenvalue weighted by molar-refractivity contribution is 9.10. The normalized spacial score (nSPS) is 16.0. The molecular weight excluding hydrogens is 317 g/mol. The molecule has 0 atom stereocenters. The fraction of sp³-hybridized carbons (Fsp3) is 0.571. The highest BCUT2D eigenvalue weighted by atomic mass is 79.9. The standard InChI is InChI=1S/C14H18BrClFN/c15-14-9-12(17)6-5-11(14)10-18(8-2-7-16)13-3-1-4-13/h5-6,9,13H,1-4,7-8,10H2. The maximum Gasteiger partial charge on any atom is 0.124 e. The molecule has 18 heavy (non-hydrogen) atoms. The summed E-state index contributed by atoms with van der Waals surface area (Å²) in [5.74, 6) is 0.509. The molecule has 0 unspecified atom stereocenters. The van der Waals surface area contributed by atoms with Crippen molar-refractivity contribution >= 4 is 27.5 Å². The van der Waals surface area contributed by atoms with E-state index in [4.69, 9.17) is 11.6 Å². The van der Waals surface area contributed by atoms with Crippen LogP contribution in [0.1, 0.15) is 31.2 Å². The van der Waals surface area contributed by atoms with E-state index in [1.54, 1.807) is 0 Å². The molecule has 0 spiro atoms. The Morgan fingerprint density at radius 1 is 1.39 bits per heavy atom. The summed E-state index contributed by atoms with van der Waals surface area (Å²) in [5, 5.41) is 0. The van der Waals surface area contributed by atoms with Crippen molar-refractivity contribution in [2.75, 3.05) is 12.4 Å². The summed E-state index contributed by atoms with van der Waals surface area (Å²) in [6, 6.07) is 5.62. The average Bonchev–Trinajstić information content (AvgIpc) is 2.27. The van der Waals surface area contributed by atoms with Gasteiger partial charge in [0.25, 0.3) is 0 Å². The summed E-state index contributed by atoms with van der Waals surface area (Å²) in [6.07, 6.45) is 4.89. The van der Waals surface area contributed by atoms with E-state index in [1.807, 2.05) is 6.07 Å². The number of nitrogens with zero attached hydrogens (tertiary/aromatic N) is 1. The van der Waals surface area contributed by atoms with E-state index in [-0.39, 0.29) is 5.82 Å². The second-order valence-electron chi connectivity index (χ2n) is 4.83. The number of halogens is 3. The van der Waals surface area contributed by atoms with Gasteiger partial charge in [0.2, 0.25) is 0 Å². The zero-order valence-electron chi connectivity index (χ0n) is 10.3. The van der Waals surface area contributed by atoms with Gasteiger partial charge >= 0.3 is 0 Å².